The maximum atomic E-state index is 12.0. The summed E-state index contributed by atoms with van der Waals surface area (Å²) in [4.78, 5) is 26.3. The first-order valence-corrected chi connectivity index (χ1v) is 12.4. The minimum atomic E-state index is -1.12. The second-order valence-electron chi connectivity index (χ2n) is 10.1. The van der Waals surface area contributed by atoms with E-state index in [-0.39, 0.29) is 11.8 Å². The van der Waals surface area contributed by atoms with E-state index in [9.17, 15) is 15.0 Å². The lowest BCUT2D eigenvalue weighted by molar-refractivity contribution is -0.163. The van der Waals surface area contributed by atoms with Crippen molar-refractivity contribution < 1.29 is 15.0 Å². The summed E-state index contributed by atoms with van der Waals surface area (Å²) in [6, 6.07) is 8.00. The molecule has 3 atom stereocenters. The van der Waals surface area contributed by atoms with E-state index in [1.54, 1.807) is 12.4 Å². The molecule has 1 aromatic carbocycles. The van der Waals surface area contributed by atoms with Crippen LogP contribution in [0.1, 0.15) is 56.3 Å². The lowest BCUT2D eigenvalue weighted by Gasteiger charge is -2.46. The molecular formula is C26H32N4O3S. The van der Waals surface area contributed by atoms with Crippen LogP contribution in [0.2, 0.25) is 0 Å². The van der Waals surface area contributed by atoms with Crippen molar-refractivity contribution in [3.8, 4) is 10.4 Å². The molecule has 4 rings (SSSR count). The number of nitrogens with one attached hydrogen (secondary N) is 1. The highest BCUT2D eigenvalue weighted by Crippen LogP contribution is 2.52. The van der Waals surface area contributed by atoms with Crippen LogP contribution in [0.4, 0.5) is 11.6 Å². The molecule has 0 radical (unpaired) electrons. The van der Waals surface area contributed by atoms with Crippen molar-refractivity contribution in [3.63, 3.8) is 0 Å². The number of carboxylic acids is 1. The van der Waals surface area contributed by atoms with E-state index in [2.05, 4.69) is 26.3 Å². The molecule has 8 heteroatoms. The number of nitrogens with zero attached hydrogens (tertiary/aromatic N) is 3. The van der Waals surface area contributed by atoms with E-state index >= 15 is 0 Å². The number of rotatable bonds is 6. The Balaban J connectivity index is 1.61. The molecule has 1 aliphatic carbocycles. The van der Waals surface area contributed by atoms with Crippen LogP contribution in [0.25, 0.3) is 10.4 Å². The Hall–Kier alpha value is -2.84. The third-order valence-corrected chi connectivity index (χ3v) is 8.28. The molecule has 0 aliphatic heterocycles. The third-order valence-electron chi connectivity index (χ3n) is 7.04. The molecule has 1 saturated carbocycles. The van der Waals surface area contributed by atoms with Crippen LogP contribution in [-0.4, -0.2) is 31.1 Å². The fourth-order valence-corrected chi connectivity index (χ4v) is 6.06. The minimum absolute atomic E-state index is 0.139. The summed E-state index contributed by atoms with van der Waals surface area (Å²) in [5, 5.41) is 25.4. The highest BCUT2D eigenvalue weighted by atomic mass is 32.1. The first-order chi connectivity index (χ1) is 16.0. The molecule has 3 aromatic rings. The molecule has 180 valence electrons. The number of hydrogen-bond donors (Lipinski definition) is 3. The van der Waals surface area contributed by atoms with Gasteiger partial charge in [0.25, 0.3) is 0 Å². The summed E-state index contributed by atoms with van der Waals surface area (Å²) in [6.45, 7) is 9.83. The summed E-state index contributed by atoms with van der Waals surface area (Å²) >= 11 is 1.47. The molecule has 7 nitrogen and oxygen atoms in total. The van der Waals surface area contributed by atoms with Gasteiger partial charge in [-0.15, -0.1) is 11.3 Å². The van der Waals surface area contributed by atoms with E-state index in [4.69, 9.17) is 0 Å². The number of benzene rings is 1. The van der Waals surface area contributed by atoms with Gasteiger partial charge in [0, 0.05) is 23.8 Å². The van der Waals surface area contributed by atoms with Crippen LogP contribution in [0, 0.1) is 31.1 Å². The Morgan fingerprint density at radius 3 is 2.65 bits per heavy atom. The molecular weight excluding hydrogens is 448 g/mol. The fourth-order valence-electron chi connectivity index (χ4n) is 5.03. The number of hydrogen-bond acceptors (Lipinski definition) is 7. The van der Waals surface area contributed by atoms with Gasteiger partial charge in [0.15, 0.2) is 0 Å². The number of aliphatic hydroxyl groups is 1. The van der Waals surface area contributed by atoms with Gasteiger partial charge >= 0.3 is 5.97 Å². The predicted octanol–water partition coefficient (Wildman–Crippen LogP) is 5.70. The molecule has 0 amide bonds. The Morgan fingerprint density at radius 1 is 1.21 bits per heavy atom. The first-order valence-electron chi connectivity index (χ1n) is 11.6. The maximum Gasteiger partial charge on any atom is 0.309 e. The first kappa shape index (κ1) is 24.3. The van der Waals surface area contributed by atoms with Crippen LogP contribution in [0.3, 0.4) is 0 Å². The van der Waals surface area contributed by atoms with Gasteiger partial charge < -0.3 is 15.5 Å². The van der Waals surface area contributed by atoms with Crippen molar-refractivity contribution in [3.05, 3.63) is 52.9 Å². The number of carbonyl (C=O) groups is 1. The average molecular weight is 481 g/mol. The van der Waals surface area contributed by atoms with Crippen LogP contribution in [0.15, 0.2) is 36.7 Å². The summed E-state index contributed by atoms with van der Waals surface area (Å²) < 4.78 is 0. The zero-order chi connectivity index (χ0) is 24.7. The number of anilines is 2. The van der Waals surface area contributed by atoms with Gasteiger partial charge in [0.1, 0.15) is 10.6 Å². The number of carboxylic acid groups (broad SMARTS) is 1. The van der Waals surface area contributed by atoms with Gasteiger partial charge in [-0.25, -0.2) is 15.0 Å². The minimum Gasteiger partial charge on any atom is -0.481 e. The monoisotopic (exact) mass is 480 g/mol. The normalized spacial score (nSPS) is 24.9. The van der Waals surface area contributed by atoms with Crippen LogP contribution in [-0.2, 0) is 10.4 Å². The van der Waals surface area contributed by atoms with Crippen molar-refractivity contribution in [1.29, 1.82) is 0 Å². The molecule has 3 unspecified atom stereocenters. The van der Waals surface area contributed by atoms with E-state index < -0.39 is 17.0 Å². The third kappa shape index (κ3) is 4.70. The average Bonchev–Trinajstić information content (AvgIpc) is 3.26. The molecule has 2 heterocycles. The highest BCUT2D eigenvalue weighted by molar-refractivity contribution is 7.15. The van der Waals surface area contributed by atoms with Crippen LogP contribution < -0.4 is 5.32 Å². The zero-order valence-electron chi connectivity index (χ0n) is 20.3. The van der Waals surface area contributed by atoms with Gasteiger partial charge in [-0.3, -0.25) is 4.79 Å². The number of aliphatic carboxylic acids is 1. The Morgan fingerprint density at radius 2 is 1.97 bits per heavy atom. The van der Waals surface area contributed by atoms with Gasteiger partial charge in [-0.05, 0) is 81.2 Å². The lowest BCUT2D eigenvalue weighted by atomic mass is 9.59. The quantitative estimate of drug-likeness (QED) is 0.415. The van der Waals surface area contributed by atoms with Crippen molar-refractivity contribution in [1.82, 2.24) is 15.0 Å². The number of aryl methyl sites for hydroxylation is 2. The molecule has 0 bridgehead atoms. The molecule has 1 aliphatic rings. The van der Waals surface area contributed by atoms with Crippen molar-refractivity contribution in [2.24, 2.45) is 17.3 Å². The SMILES string of the molecule is Cc1cc(Nc2nccc(C)n2)cc(-c2cnc(C3(O)CCC(C)(C(=O)O)C(C(C)C)C3)s2)c1. The summed E-state index contributed by atoms with van der Waals surface area (Å²) in [5.74, 6) is -0.244. The molecule has 0 saturated heterocycles. The molecule has 3 N–H and O–H groups in total. The molecule has 0 spiro atoms. The van der Waals surface area contributed by atoms with E-state index in [1.807, 2.05) is 52.8 Å². The Bertz CT molecular complexity index is 1210. The zero-order valence-corrected chi connectivity index (χ0v) is 21.1. The lowest BCUT2D eigenvalue weighted by Crippen LogP contribution is -2.48. The summed E-state index contributed by atoms with van der Waals surface area (Å²) in [6.07, 6.45) is 4.73. The molecule has 1 fully saturated rings. The maximum absolute atomic E-state index is 12.0. The van der Waals surface area contributed by atoms with E-state index in [1.165, 1.54) is 11.3 Å². The highest BCUT2D eigenvalue weighted by Gasteiger charge is 2.52. The fraction of sp³-hybridized carbons (Fsp3) is 0.462. The Labute approximate surface area is 204 Å². The Kier molecular flexibility index (Phi) is 6.48. The second-order valence-corrected chi connectivity index (χ2v) is 11.1. The topological polar surface area (TPSA) is 108 Å². The van der Waals surface area contributed by atoms with Gasteiger partial charge in [-0.2, -0.15) is 0 Å². The second kappa shape index (κ2) is 9.07. The van der Waals surface area contributed by atoms with Gasteiger partial charge in [-0.1, -0.05) is 19.9 Å². The largest absolute Gasteiger partial charge is 0.481 e. The number of thiazole rings is 1. The van der Waals surface area contributed by atoms with Crippen LogP contribution >= 0.6 is 11.3 Å². The summed E-state index contributed by atoms with van der Waals surface area (Å²) in [5.41, 5.74) is 1.88. The smallest absolute Gasteiger partial charge is 0.309 e. The van der Waals surface area contributed by atoms with Crippen molar-refractivity contribution in [2.45, 2.75) is 59.5 Å². The van der Waals surface area contributed by atoms with Gasteiger partial charge in [0.05, 0.1) is 10.3 Å². The molecule has 2 aromatic heterocycles. The predicted molar refractivity (Wildman–Crippen MR) is 134 cm³/mol. The number of aromatic nitrogens is 3. The summed E-state index contributed by atoms with van der Waals surface area (Å²) in [7, 11) is 0. The van der Waals surface area contributed by atoms with Gasteiger partial charge in [0.2, 0.25) is 5.95 Å². The standard InChI is InChI=1S/C26H32N4O3S/c1-15(2)20-13-26(33,8-7-25(20,5)23(31)32)22-28-14-21(34-22)18-10-16(3)11-19(12-18)30-24-27-9-6-17(4)29-24/h6,9-12,14-15,20,33H,7-8,13H2,1-5H3,(H,31,32)(H,27,29,30). The van der Waals surface area contributed by atoms with Crippen molar-refractivity contribution in [2.75, 3.05) is 5.32 Å². The van der Waals surface area contributed by atoms with Crippen molar-refractivity contribution >= 4 is 28.9 Å². The van der Waals surface area contributed by atoms with E-state index in [0.717, 1.165) is 27.4 Å². The van der Waals surface area contributed by atoms with Crippen LogP contribution in [0.5, 0.6) is 0 Å². The van der Waals surface area contributed by atoms with E-state index in [0.29, 0.717) is 30.2 Å². The molecule has 34 heavy (non-hydrogen) atoms.